The van der Waals surface area contributed by atoms with Gasteiger partial charge < -0.3 is 5.32 Å². The minimum atomic E-state index is -3.13. The monoisotopic (exact) mass is 448 g/mol. The molecule has 6 nitrogen and oxygen atoms in total. The van der Waals surface area contributed by atoms with E-state index < -0.39 is 10.0 Å². The molecule has 1 fully saturated rings. The molecule has 1 aromatic heterocycles. The number of fused-ring (bicyclic) bond motifs is 1. The summed E-state index contributed by atoms with van der Waals surface area (Å²) >= 11 is 0. The lowest BCUT2D eigenvalue weighted by Crippen LogP contribution is -2.42. The van der Waals surface area contributed by atoms with E-state index in [1.807, 2.05) is 18.3 Å². The number of aromatic nitrogens is 1. The van der Waals surface area contributed by atoms with Crippen LogP contribution in [0.4, 0.5) is 5.69 Å². The number of nitrogens with one attached hydrogen (secondary N) is 1. The van der Waals surface area contributed by atoms with Crippen LogP contribution in [0.25, 0.3) is 21.9 Å². The molecule has 1 N–H and O–H groups in total. The second-order valence-corrected chi connectivity index (χ2v) is 10.5. The van der Waals surface area contributed by atoms with Crippen LogP contribution in [0.15, 0.2) is 54.9 Å². The fraction of sp³-hybridized carbons (Fsp3) is 0.360. The van der Waals surface area contributed by atoms with E-state index >= 15 is 0 Å². The summed E-state index contributed by atoms with van der Waals surface area (Å²) in [6, 6.07) is 17.1. The lowest BCUT2D eigenvalue weighted by Gasteiger charge is -2.32. The minimum absolute atomic E-state index is 0.150. The van der Waals surface area contributed by atoms with E-state index in [2.05, 4.69) is 46.7 Å². The topological polar surface area (TPSA) is 86.1 Å². The Morgan fingerprint density at radius 2 is 1.97 bits per heavy atom. The first-order valence-corrected chi connectivity index (χ1v) is 12.7. The molecule has 0 amide bonds. The molecule has 0 atom stereocenters. The molecule has 2 aromatic carbocycles. The molecule has 1 saturated heterocycles. The molecule has 0 radical (unpaired) electrons. The third-order valence-corrected chi connectivity index (χ3v) is 7.99. The van der Waals surface area contributed by atoms with Crippen LogP contribution in [-0.4, -0.2) is 42.6 Å². The normalized spacial score (nSPS) is 15.5. The van der Waals surface area contributed by atoms with Crippen LogP contribution in [0.2, 0.25) is 0 Å². The zero-order chi connectivity index (χ0) is 22.6. The number of nitrogens with zero attached hydrogens (tertiary/aromatic N) is 3. The number of sulfonamides is 1. The van der Waals surface area contributed by atoms with Crippen LogP contribution >= 0.6 is 0 Å². The van der Waals surface area contributed by atoms with E-state index in [-0.39, 0.29) is 11.8 Å². The molecule has 32 heavy (non-hydrogen) atoms. The molecule has 7 heteroatoms. The Bertz CT molecular complexity index is 1240. The number of anilines is 1. The van der Waals surface area contributed by atoms with Crippen molar-refractivity contribution in [2.24, 2.45) is 0 Å². The van der Waals surface area contributed by atoms with Crippen molar-refractivity contribution in [3.63, 3.8) is 0 Å². The van der Waals surface area contributed by atoms with Crippen LogP contribution in [-0.2, 0) is 16.4 Å². The maximum absolute atomic E-state index is 12.2. The number of piperidine rings is 1. The molecule has 4 rings (SSSR count). The maximum atomic E-state index is 12.2. The zero-order valence-electron chi connectivity index (χ0n) is 18.3. The van der Waals surface area contributed by atoms with Gasteiger partial charge in [0.1, 0.15) is 0 Å². The highest BCUT2D eigenvalue weighted by Crippen LogP contribution is 2.32. The summed E-state index contributed by atoms with van der Waals surface area (Å²) in [5, 5.41) is 14.7. The summed E-state index contributed by atoms with van der Waals surface area (Å²) in [6.07, 6.45) is 6.47. The molecule has 1 aliphatic rings. The van der Waals surface area contributed by atoms with E-state index in [1.54, 1.807) is 17.4 Å². The Kier molecular flexibility index (Phi) is 6.73. The quantitative estimate of drug-likeness (QED) is 0.572. The predicted molar refractivity (Wildman–Crippen MR) is 129 cm³/mol. The second kappa shape index (κ2) is 9.68. The van der Waals surface area contributed by atoms with E-state index in [0.29, 0.717) is 19.5 Å². The van der Waals surface area contributed by atoms with Gasteiger partial charge in [0.2, 0.25) is 10.0 Å². The van der Waals surface area contributed by atoms with Gasteiger partial charge in [-0.05, 0) is 66.5 Å². The third kappa shape index (κ3) is 4.93. The Hall–Kier alpha value is -2.95. The van der Waals surface area contributed by atoms with Gasteiger partial charge in [0.05, 0.1) is 11.8 Å². The van der Waals surface area contributed by atoms with Gasteiger partial charge >= 0.3 is 0 Å². The van der Waals surface area contributed by atoms with Gasteiger partial charge in [-0.2, -0.15) is 5.26 Å². The first kappa shape index (κ1) is 22.3. The van der Waals surface area contributed by atoms with Crippen molar-refractivity contribution in [2.75, 3.05) is 24.2 Å². The fourth-order valence-electron chi connectivity index (χ4n) is 4.27. The van der Waals surface area contributed by atoms with Crippen LogP contribution in [0, 0.1) is 11.3 Å². The number of nitriles is 1. The summed E-state index contributed by atoms with van der Waals surface area (Å²) < 4.78 is 25.9. The van der Waals surface area contributed by atoms with Crippen molar-refractivity contribution in [3.8, 4) is 17.2 Å². The van der Waals surface area contributed by atoms with Crippen molar-refractivity contribution in [1.82, 2.24) is 9.29 Å². The van der Waals surface area contributed by atoms with Gasteiger partial charge in [0.25, 0.3) is 0 Å². The zero-order valence-corrected chi connectivity index (χ0v) is 19.1. The predicted octanol–water partition coefficient (Wildman–Crippen LogP) is 4.58. The Morgan fingerprint density at radius 3 is 2.72 bits per heavy atom. The average Bonchev–Trinajstić information content (AvgIpc) is 2.83. The van der Waals surface area contributed by atoms with Crippen molar-refractivity contribution in [2.45, 2.75) is 38.6 Å². The van der Waals surface area contributed by atoms with Gasteiger partial charge in [0.15, 0.2) is 0 Å². The molecule has 0 unspecified atom stereocenters. The van der Waals surface area contributed by atoms with Crippen molar-refractivity contribution >= 4 is 26.5 Å². The largest absolute Gasteiger partial charge is 0.382 e. The molecule has 1 aliphatic heterocycles. The van der Waals surface area contributed by atoms with Crippen molar-refractivity contribution < 1.29 is 8.42 Å². The molecule has 166 valence electrons. The van der Waals surface area contributed by atoms with Crippen molar-refractivity contribution in [1.29, 1.82) is 5.26 Å². The van der Waals surface area contributed by atoms with E-state index in [4.69, 9.17) is 5.26 Å². The van der Waals surface area contributed by atoms with E-state index in [0.717, 1.165) is 52.4 Å². The summed E-state index contributed by atoms with van der Waals surface area (Å²) in [5.74, 6) is 0.150. The van der Waals surface area contributed by atoms with Crippen LogP contribution in [0.5, 0.6) is 0 Å². The average molecular weight is 449 g/mol. The molecular formula is C25H28N4O2S. The highest BCUT2D eigenvalue weighted by Gasteiger charge is 2.26. The first-order valence-electron chi connectivity index (χ1n) is 11.1. The number of rotatable bonds is 7. The molecular weight excluding hydrogens is 420 g/mol. The highest BCUT2D eigenvalue weighted by molar-refractivity contribution is 7.89. The smallest absolute Gasteiger partial charge is 0.213 e. The Labute approximate surface area is 189 Å². The summed E-state index contributed by atoms with van der Waals surface area (Å²) in [7, 11) is -3.13. The van der Waals surface area contributed by atoms with Gasteiger partial charge in [-0.1, -0.05) is 24.3 Å². The molecule has 0 bridgehead atoms. The lowest BCUT2D eigenvalue weighted by molar-refractivity contribution is 0.330. The van der Waals surface area contributed by atoms with Crippen LogP contribution in [0.1, 0.15) is 31.7 Å². The lowest BCUT2D eigenvalue weighted by atomic mass is 9.97. The number of benzene rings is 2. The standard InChI is InChI=1S/C25H28N4O2S/c1-2-32(30,31)29-13-9-23(10-14-29)28-25-17-22(16-21-8-12-27-18-24(21)25)20-7-3-5-19(15-20)6-4-11-26/h3,5,7-8,12,15-18,23,28H,2,4,6,9-10,13-14H2,1H3. The van der Waals surface area contributed by atoms with Gasteiger partial charge in [-0.3, -0.25) is 4.98 Å². The van der Waals surface area contributed by atoms with E-state index in [1.165, 1.54) is 0 Å². The molecule has 2 heterocycles. The van der Waals surface area contributed by atoms with Gasteiger partial charge in [0, 0.05) is 49.0 Å². The molecule has 3 aromatic rings. The number of hydrogen-bond acceptors (Lipinski definition) is 5. The van der Waals surface area contributed by atoms with Crippen LogP contribution in [0.3, 0.4) is 0 Å². The number of pyridine rings is 1. The first-order chi connectivity index (χ1) is 15.5. The Morgan fingerprint density at radius 1 is 1.16 bits per heavy atom. The summed E-state index contributed by atoms with van der Waals surface area (Å²) in [4.78, 5) is 4.31. The highest BCUT2D eigenvalue weighted by atomic mass is 32.2. The molecule has 0 saturated carbocycles. The minimum Gasteiger partial charge on any atom is -0.382 e. The van der Waals surface area contributed by atoms with Crippen molar-refractivity contribution in [3.05, 3.63) is 60.4 Å². The van der Waals surface area contributed by atoms with E-state index in [9.17, 15) is 8.42 Å². The fourth-order valence-corrected chi connectivity index (χ4v) is 5.40. The van der Waals surface area contributed by atoms with Crippen LogP contribution < -0.4 is 5.32 Å². The maximum Gasteiger partial charge on any atom is 0.213 e. The third-order valence-electron chi connectivity index (χ3n) is 6.11. The Balaban J connectivity index is 1.61. The molecule has 0 spiro atoms. The molecule has 0 aliphatic carbocycles. The summed E-state index contributed by atoms with van der Waals surface area (Å²) in [6.45, 7) is 2.79. The number of aryl methyl sites for hydroxylation is 1. The number of hydrogen-bond donors (Lipinski definition) is 1. The summed E-state index contributed by atoms with van der Waals surface area (Å²) in [5.41, 5.74) is 4.39. The van der Waals surface area contributed by atoms with Gasteiger partial charge in [-0.15, -0.1) is 0 Å². The SMILES string of the molecule is CCS(=O)(=O)N1CCC(Nc2cc(-c3cccc(CCC#N)c3)cc3ccncc23)CC1. The second-order valence-electron chi connectivity index (χ2n) is 8.20. The van der Waals surface area contributed by atoms with Gasteiger partial charge in [-0.25, -0.2) is 12.7 Å².